The van der Waals surface area contributed by atoms with E-state index in [2.05, 4.69) is 27.7 Å². The summed E-state index contributed by atoms with van der Waals surface area (Å²) in [6.45, 7) is 11.4. The lowest BCUT2D eigenvalue weighted by molar-refractivity contribution is 0.0263. The highest BCUT2D eigenvalue weighted by atomic mass is 16.5. The smallest absolute Gasteiger partial charge is 0.0468 e. The molecule has 1 aliphatic rings. The Bertz CT molecular complexity index is 128. The molecule has 0 spiro atoms. The lowest BCUT2D eigenvalue weighted by Crippen LogP contribution is -2.30. The molecule has 1 heterocycles. The summed E-state index contributed by atoms with van der Waals surface area (Å²) >= 11 is 0. The van der Waals surface area contributed by atoms with E-state index in [1.165, 1.54) is 12.8 Å². The average molecular weight is 170 g/mol. The molecule has 1 fully saturated rings. The van der Waals surface area contributed by atoms with Crippen molar-refractivity contribution in [3.05, 3.63) is 0 Å². The van der Waals surface area contributed by atoms with Crippen molar-refractivity contribution in [2.45, 2.75) is 40.5 Å². The molecule has 0 aromatic rings. The fourth-order valence-corrected chi connectivity index (χ4v) is 1.92. The van der Waals surface area contributed by atoms with E-state index >= 15 is 0 Å². The van der Waals surface area contributed by atoms with Gasteiger partial charge >= 0.3 is 0 Å². The highest BCUT2D eigenvalue weighted by Gasteiger charge is 2.29. The molecule has 0 aromatic heterocycles. The van der Waals surface area contributed by atoms with Crippen LogP contribution in [0.2, 0.25) is 0 Å². The molecule has 1 atom stereocenters. The van der Waals surface area contributed by atoms with Gasteiger partial charge in [-0.1, -0.05) is 27.7 Å². The summed E-state index contributed by atoms with van der Waals surface area (Å²) in [5.74, 6) is 1.71. The van der Waals surface area contributed by atoms with Crippen molar-refractivity contribution >= 4 is 0 Å². The van der Waals surface area contributed by atoms with Crippen LogP contribution < -0.4 is 0 Å². The molecule has 72 valence electrons. The number of ether oxygens (including phenoxy) is 1. The third-order valence-corrected chi connectivity index (χ3v) is 3.34. The van der Waals surface area contributed by atoms with Crippen molar-refractivity contribution in [2.75, 3.05) is 13.2 Å². The van der Waals surface area contributed by atoms with Crippen LogP contribution >= 0.6 is 0 Å². The maximum Gasteiger partial charge on any atom is 0.0468 e. The van der Waals surface area contributed by atoms with Gasteiger partial charge in [0.25, 0.3) is 0 Å². The zero-order valence-corrected chi connectivity index (χ0v) is 8.89. The quantitative estimate of drug-likeness (QED) is 0.587. The Morgan fingerprint density at radius 1 is 1.17 bits per heavy atom. The molecule has 1 saturated heterocycles. The molecule has 1 heteroatoms. The Balaban J connectivity index is 2.45. The molecule has 12 heavy (non-hydrogen) atoms. The molecule has 1 aliphatic heterocycles. The van der Waals surface area contributed by atoms with Crippen molar-refractivity contribution in [1.82, 2.24) is 0 Å². The van der Waals surface area contributed by atoms with E-state index in [0.29, 0.717) is 5.41 Å². The Morgan fingerprint density at radius 2 is 1.67 bits per heavy atom. The first-order valence-corrected chi connectivity index (χ1v) is 5.09. The van der Waals surface area contributed by atoms with Gasteiger partial charge in [0.1, 0.15) is 0 Å². The Hall–Kier alpha value is -0.0400. The van der Waals surface area contributed by atoms with Crippen LogP contribution in [0.1, 0.15) is 40.5 Å². The Kier molecular flexibility index (Phi) is 3.16. The van der Waals surface area contributed by atoms with Crippen LogP contribution in [-0.4, -0.2) is 13.2 Å². The molecule has 0 saturated carbocycles. The summed E-state index contributed by atoms with van der Waals surface area (Å²) in [6, 6.07) is 0. The zero-order chi connectivity index (χ0) is 9.19. The fourth-order valence-electron chi connectivity index (χ4n) is 1.92. The normalized spacial score (nSPS) is 24.0. The largest absolute Gasteiger partial charge is 0.381 e. The minimum atomic E-state index is 0.460. The maximum atomic E-state index is 5.36. The van der Waals surface area contributed by atoms with E-state index < -0.39 is 0 Å². The standard InChI is InChI=1S/C11H22O/c1-9(11(2,3)4)10-5-7-12-8-6-10/h9-10H,5-8H2,1-4H3. The predicted molar refractivity (Wildman–Crippen MR) is 52.2 cm³/mol. The second-order valence-corrected chi connectivity index (χ2v) is 5.10. The predicted octanol–water partition coefficient (Wildman–Crippen LogP) is 3.10. The molecule has 0 amide bonds. The summed E-state index contributed by atoms with van der Waals surface area (Å²) in [5, 5.41) is 0. The molecule has 0 N–H and O–H groups in total. The van der Waals surface area contributed by atoms with Gasteiger partial charge in [0.05, 0.1) is 0 Å². The summed E-state index contributed by atoms with van der Waals surface area (Å²) in [6.07, 6.45) is 2.52. The van der Waals surface area contributed by atoms with Gasteiger partial charge in [-0.2, -0.15) is 0 Å². The van der Waals surface area contributed by atoms with Crippen LogP contribution in [0.4, 0.5) is 0 Å². The highest BCUT2D eigenvalue weighted by Crippen LogP contribution is 2.36. The second-order valence-electron chi connectivity index (χ2n) is 5.10. The molecule has 1 rings (SSSR count). The number of hydrogen-bond donors (Lipinski definition) is 0. The lowest BCUT2D eigenvalue weighted by atomic mass is 9.72. The Morgan fingerprint density at radius 3 is 2.08 bits per heavy atom. The van der Waals surface area contributed by atoms with Crippen LogP contribution in [-0.2, 0) is 4.74 Å². The van der Waals surface area contributed by atoms with Crippen molar-refractivity contribution in [3.63, 3.8) is 0 Å². The number of hydrogen-bond acceptors (Lipinski definition) is 1. The van der Waals surface area contributed by atoms with Crippen LogP contribution in [0.3, 0.4) is 0 Å². The van der Waals surface area contributed by atoms with E-state index in [9.17, 15) is 0 Å². The Labute approximate surface area is 76.5 Å². The molecule has 0 aromatic carbocycles. The van der Waals surface area contributed by atoms with Gasteiger partial charge in [-0.25, -0.2) is 0 Å². The van der Waals surface area contributed by atoms with Crippen LogP contribution in [0.5, 0.6) is 0 Å². The first-order valence-electron chi connectivity index (χ1n) is 5.09. The molecule has 1 unspecified atom stereocenters. The third kappa shape index (κ3) is 2.48. The van der Waals surface area contributed by atoms with Crippen molar-refractivity contribution < 1.29 is 4.74 Å². The van der Waals surface area contributed by atoms with E-state index in [-0.39, 0.29) is 0 Å². The van der Waals surface area contributed by atoms with E-state index in [0.717, 1.165) is 25.0 Å². The summed E-state index contributed by atoms with van der Waals surface area (Å²) < 4.78 is 5.36. The maximum absolute atomic E-state index is 5.36. The minimum Gasteiger partial charge on any atom is -0.381 e. The number of rotatable bonds is 1. The molecule has 0 bridgehead atoms. The second kappa shape index (κ2) is 3.78. The topological polar surface area (TPSA) is 9.23 Å². The van der Waals surface area contributed by atoms with Crippen LogP contribution in [0.15, 0.2) is 0 Å². The van der Waals surface area contributed by atoms with Gasteiger partial charge in [-0.15, -0.1) is 0 Å². The summed E-state index contributed by atoms with van der Waals surface area (Å²) in [7, 11) is 0. The van der Waals surface area contributed by atoms with Gasteiger partial charge in [-0.3, -0.25) is 0 Å². The van der Waals surface area contributed by atoms with Gasteiger partial charge in [0.2, 0.25) is 0 Å². The first-order chi connectivity index (χ1) is 5.52. The summed E-state index contributed by atoms with van der Waals surface area (Å²) in [4.78, 5) is 0. The molecule has 0 aliphatic carbocycles. The highest BCUT2D eigenvalue weighted by molar-refractivity contribution is 4.78. The van der Waals surface area contributed by atoms with Crippen molar-refractivity contribution in [1.29, 1.82) is 0 Å². The third-order valence-electron chi connectivity index (χ3n) is 3.34. The van der Waals surface area contributed by atoms with Gasteiger partial charge < -0.3 is 4.74 Å². The van der Waals surface area contributed by atoms with E-state index in [4.69, 9.17) is 4.74 Å². The van der Waals surface area contributed by atoms with E-state index in [1.807, 2.05) is 0 Å². The van der Waals surface area contributed by atoms with Gasteiger partial charge in [0, 0.05) is 13.2 Å². The van der Waals surface area contributed by atoms with Crippen molar-refractivity contribution in [2.24, 2.45) is 17.3 Å². The van der Waals surface area contributed by atoms with Gasteiger partial charge in [0.15, 0.2) is 0 Å². The minimum absolute atomic E-state index is 0.460. The zero-order valence-electron chi connectivity index (χ0n) is 8.89. The molecular weight excluding hydrogens is 148 g/mol. The first kappa shape index (κ1) is 10.0. The van der Waals surface area contributed by atoms with Gasteiger partial charge in [-0.05, 0) is 30.1 Å². The van der Waals surface area contributed by atoms with E-state index in [1.54, 1.807) is 0 Å². The fraction of sp³-hybridized carbons (Fsp3) is 1.00. The molecular formula is C11H22O. The SMILES string of the molecule is CC(C1CCOCC1)C(C)(C)C. The van der Waals surface area contributed by atoms with Crippen molar-refractivity contribution in [3.8, 4) is 0 Å². The average Bonchev–Trinajstić information content (AvgIpc) is 2.03. The molecule has 1 nitrogen and oxygen atoms in total. The van der Waals surface area contributed by atoms with Crippen LogP contribution in [0, 0.1) is 17.3 Å². The monoisotopic (exact) mass is 170 g/mol. The molecule has 0 radical (unpaired) electrons. The summed E-state index contributed by atoms with van der Waals surface area (Å²) in [5.41, 5.74) is 0.460. The lowest BCUT2D eigenvalue weighted by Gasteiger charge is -2.36. The van der Waals surface area contributed by atoms with Crippen LogP contribution in [0.25, 0.3) is 0 Å².